The third-order valence-corrected chi connectivity index (χ3v) is 3.99. The fraction of sp³-hybridized carbons (Fsp3) is 0.786. The molecule has 19 heavy (non-hydrogen) atoms. The van der Waals surface area contributed by atoms with Crippen LogP contribution in [0.25, 0.3) is 0 Å². The van der Waals surface area contributed by atoms with Gasteiger partial charge in [0.25, 0.3) is 0 Å². The molecule has 0 unspecified atom stereocenters. The van der Waals surface area contributed by atoms with E-state index in [1.807, 2.05) is 6.92 Å². The van der Waals surface area contributed by atoms with Crippen molar-refractivity contribution in [2.45, 2.75) is 59.7 Å². The topological polar surface area (TPSA) is 39.1 Å². The smallest absolute Gasteiger partial charge is 0.0767 e. The molecule has 1 aromatic rings. The Morgan fingerprint density at radius 1 is 1.32 bits per heavy atom. The van der Waals surface area contributed by atoms with Crippen molar-refractivity contribution in [2.24, 2.45) is 0 Å². The van der Waals surface area contributed by atoms with Crippen LogP contribution in [-0.2, 0) is 24.2 Å². The summed E-state index contributed by atoms with van der Waals surface area (Å²) in [5.74, 6) is 0. The average molecular weight is 332 g/mol. The molecular weight excluding hydrogens is 306 g/mol. The van der Waals surface area contributed by atoms with E-state index in [0.29, 0.717) is 0 Å². The number of rotatable bonds is 8. The van der Waals surface area contributed by atoms with Gasteiger partial charge in [0.2, 0.25) is 0 Å². The Bertz CT molecular complexity index is 402. The van der Waals surface area contributed by atoms with E-state index in [4.69, 9.17) is 4.74 Å². The molecule has 0 amide bonds. The highest BCUT2D eigenvalue weighted by atomic mass is 79.9. The van der Waals surface area contributed by atoms with Crippen LogP contribution in [0.15, 0.2) is 4.47 Å². The molecule has 1 aromatic heterocycles. The number of ether oxygens (including phenoxy) is 1. The standard InChI is InChI=1S/C14H26BrN3O/c1-6-11-13(15)12(18(7-2)17-11)9-16-10-14(4,5)19-8-3/h16H,6-10H2,1-5H3. The first-order valence-electron chi connectivity index (χ1n) is 7.03. The van der Waals surface area contributed by atoms with E-state index < -0.39 is 0 Å². The van der Waals surface area contributed by atoms with Crippen molar-refractivity contribution in [1.29, 1.82) is 0 Å². The summed E-state index contributed by atoms with van der Waals surface area (Å²) in [5.41, 5.74) is 2.21. The number of nitrogens with one attached hydrogen (secondary N) is 1. The molecule has 0 atom stereocenters. The second kappa shape index (κ2) is 7.41. The van der Waals surface area contributed by atoms with Crippen molar-refractivity contribution in [3.8, 4) is 0 Å². The molecule has 0 bridgehead atoms. The van der Waals surface area contributed by atoms with Crippen LogP contribution >= 0.6 is 15.9 Å². The summed E-state index contributed by atoms with van der Waals surface area (Å²) < 4.78 is 8.88. The van der Waals surface area contributed by atoms with Gasteiger partial charge in [-0.3, -0.25) is 4.68 Å². The van der Waals surface area contributed by atoms with Gasteiger partial charge in [0, 0.05) is 26.2 Å². The van der Waals surface area contributed by atoms with Gasteiger partial charge in [-0.25, -0.2) is 0 Å². The fourth-order valence-corrected chi connectivity index (χ4v) is 2.81. The zero-order valence-electron chi connectivity index (χ0n) is 12.7. The van der Waals surface area contributed by atoms with Crippen LogP contribution in [0.3, 0.4) is 0 Å². The lowest BCUT2D eigenvalue weighted by Crippen LogP contribution is -2.37. The molecule has 1 N–H and O–H groups in total. The van der Waals surface area contributed by atoms with Gasteiger partial charge in [-0.15, -0.1) is 0 Å². The van der Waals surface area contributed by atoms with E-state index >= 15 is 0 Å². The second-order valence-corrected chi connectivity index (χ2v) is 5.97. The number of halogens is 1. The lowest BCUT2D eigenvalue weighted by molar-refractivity contribution is -0.00907. The van der Waals surface area contributed by atoms with Gasteiger partial charge >= 0.3 is 0 Å². The van der Waals surface area contributed by atoms with Crippen molar-refractivity contribution in [2.75, 3.05) is 13.2 Å². The number of aromatic nitrogens is 2. The van der Waals surface area contributed by atoms with E-state index in [2.05, 4.69) is 58.7 Å². The molecule has 0 radical (unpaired) electrons. The summed E-state index contributed by atoms with van der Waals surface area (Å²) in [6.07, 6.45) is 0.949. The van der Waals surface area contributed by atoms with Crippen LogP contribution in [0.2, 0.25) is 0 Å². The molecule has 0 fully saturated rings. The van der Waals surface area contributed by atoms with Gasteiger partial charge in [0.05, 0.1) is 21.5 Å². The van der Waals surface area contributed by atoms with Crippen LogP contribution in [-0.4, -0.2) is 28.5 Å². The molecule has 0 saturated heterocycles. The first-order valence-corrected chi connectivity index (χ1v) is 7.83. The molecule has 4 nitrogen and oxygen atoms in total. The summed E-state index contributed by atoms with van der Waals surface area (Å²) in [4.78, 5) is 0. The Hall–Kier alpha value is -0.390. The predicted octanol–water partition coefficient (Wildman–Crippen LogP) is 3.13. The highest BCUT2D eigenvalue weighted by molar-refractivity contribution is 9.10. The summed E-state index contributed by atoms with van der Waals surface area (Å²) in [6, 6.07) is 0. The number of hydrogen-bond acceptors (Lipinski definition) is 3. The van der Waals surface area contributed by atoms with Crippen molar-refractivity contribution in [3.05, 3.63) is 15.9 Å². The van der Waals surface area contributed by atoms with Crippen molar-refractivity contribution in [3.63, 3.8) is 0 Å². The minimum Gasteiger partial charge on any atom is -0.375 e. The molecule has 0 saturated carbocycles. The van der Waals surface area contributed by atoms with Crippen LogP contribution in [0.5, 0.6) is 0 Å². The third-order valence-electron chi connectivity index (χ3n) is 3.07. The maximum absolute atomic E-state index is 5.68. The van der Waals surface area contributed by atoms with E-state index in [0.717, 1.165) is 42.8 Å². The number of nitrogens with zero attached hydrogens (tertiary/aromatic N) is 2. The van der Waals surface area contributed by atoms with Crippen LogP contribution in [0, 0.1) is 0 Å². The molecule has 1 heterocycles. The fourth-order valence-electron chi connectivity index (χ4n) is 2.11. The third kappa shape index (κ3) is 4.58. The first-order chi connectivity index (χ1) is 8.95. The summed E-state index contributed by atoms with van der Waals surface area (Å²) in [5, 5.41) is 8.06. The van der Waals surface area contributed by atoms with Gasteiger partial charge in [0.15, 0.2) is 0 Å². The zero-order valence-corrected chi connectivity index (χ0v) is 14.3. The Kier molecular flexibility index (Phi) is 6.50. The molecule has 110 valence electrons. The van der Waals surface area contributed by atoms with E-state index in [1.165, 1.54) is 5.69 Å². The minimum atomic E-state index is -0.133. The molecule has 0 aliphatic heterocycles. The number of hydrogen-bond donors (Lipinski definition) is 1. The molecule has 0 aliphatic rings. The predicted molar refractivity (Wildman–Crippen MR) is 82.4 cm³/mol. The second-order valence-electron chi connectivity index (χ2n) is 5.17. The molecular formula is C14H26BrN3O. The van der Waals surface area contributed by atoms with Gasteiger partial charge in [-0.05, 0) is 50.0 Å². The average Bonchev–Trinajstić information content (AvgIpc) is 2.66. The molecule has 1 rings (SSSR count). The van der Waals surface area contributed by atoms with E-state index in [9.17, 15) is 0 Å². The van der Waals surface area contributed by atoms with Gasteiger partial charge < -0.3 is 10.1 Å². The Balaban J connectivity index is 2.65. The highest BCUT2D eigenvalue weighted by Crippen LogP contribution is 2.22. The molecule has 0 aromatic carbocycles. The number of aryl methyl sites for hydroxylation is 2. The Morgan fingerprint density at radius 2 is 2.00 bits per heavy atom. The van der Waals surface area contributed by atoms with Crippen molar-refractivity contribution >= 4 is 15.9 Å². The quantitative estimate of drug-likeness (QED) is 0.795. The van der Waals surface area contributed by atoms with Crippen LogP contribution in [0.1, 0.15) is 46.0 Å². The van der Waals surface area contributed by atoms with Crippen LogP contribution in [0.4, 0.5) is 0 Å². The monoisotopic (exact) mass is 331 g/mol. The Labute approximate surface area is 125 Å². The lowest BCUT2D eigenvalue weighted by Gasteiger charge is -2.25. The summed E-state index contributed by atoms with van der Waals surface area (Å²) in [7, 11) is 0. The van der Waals surface area contributed by atoms with E-state index in [-0.39, 0.29) is 5.60 Å². The highest BCUT2D eigenvalue weighted by Gasteiger charge is 2.18. The SMILES string of the molecule is CCOC(C)(C)CNCc1c(Br)c(CC)nn1CC. The van der Waals surface area contributed by atoms with Crippen LogP contribution < -0.4 is 5.32 Å². The van der Waals surface area contributed by atoms with Gasteiger partial charge in [-0.2, -0.15) is 5.10 Å². The minimum absolute atomic E-state index is 0.133. The van der Waals surface area contributed by atoms with Gasteiger partial charge in [0.1, 0.15) is 0 Å². The lowest BCUT2D eigenvalue weighted by atomic mass is 10.1. The van der Waals surface area contributed by atoms with Crippen molar-refractivity contribution in [1.82, 2.24) is 15.1 Å². The molecule has 0 spiro atoms. The first kappa shape index (κ1) is 16.7. The Morgan fingerprint density at radius 3 is 2.53 bits per heavy atom. The molecule has 5 heteroatoms. The van der Waals surface area contributed by atoms with E-state index in [1.54, 1.807) is 0 Å². The molecule has 0 aliphatic carbocycles. The normalized spacial score (nSPS) is 12.1. The maximum Gasteiger partial charge on any atom is 0.0767 e. The zero-order chi connectivity index (χ0) is 14.5. The van der Waals surface area contributed by atoms with Crippen molar-refractivity contribution < 1.29 is 4.74 Å². The summed E-state index contributed by atoms with van der Waals surface area (Å²) in [6.45, 7) is 13.7. The maximum atomic E-state index is 5.68. The summed E-state index contributed by atoms with van der Waals surface area (Å²) >= 11 is 3.66. The van der Waals surface area contributed by atoms with Gasteiger partial charge in [-0.1, -0.05) is 6.92 Å². The largest absolute Gasteiger partial charge is 0.375 e.